The van der Waals surface area contributed by atoms with Crippen molar-refractivity contribution in [1.82, 2.24) is 0 Å². The summed E-state index contributed by atoms with van der Waals surface area (Å²) in [5, 5.41) is 0. The summed E-state index contributed by atoms with van der Waals surface area (Å²) in [6.45, 7) is 14.7. The van der Waals surface area contributed by atoms with Gasteiger partial charge in [-0.2, -0.15) is 0 Å². The van der Waals surface area contributed by atoms with Crippen LogP contribution in [0.5, 0.6) is 0 Å². The number of hydrogen-bond acceptors (Lipinski definition) is 0. The van der Waals surface area contributed by atoms with Crippen LogP contribution >= 0.6 is 0 Å². The molecule has 0 N–H and O–H groups in total. The zero-order chi connectivity index (χ0) is 13.7. The molecule has 0 aromatic heterocycles. The van der Waals surface area contributed by atoms with Gasteiger partial charge in [-0.15, -0.1) is 0 Å². The Balaban J connectivity index is 0. The average Bonchev–Trinajstić information content (AvgIpc) is 2.41. The maximum Gasteiger partial charge on any atom is -0.0219 e. The lowest BCUT2D eigenvalue weighted by Crippen LogP contribution is -1.89. The average molecular weight is 236 g/mol. The van der Waals surface area contributed by atoms with Crippen LogP contribution in [0.15, 0.2) is 24.3 Å². The van der Waals surface area contributed by atoms with E-state index in [2.05, 4.69) is 45.0 Å². The summed E-state index contributed by atoms with van der Waals surface area (Å²) in [5.74, 6) is 0.653. The molecule has 0 heterocycles. The van der Waals surface area contributed by atoms with E-state index in [0.29, 0.717) is 5.92 Å². The maximum absolute atomic E-state index is 2.27. The number of benzene rings is 1. The van der Waals surface area contributed by atoms with Gasteiger partial charge in [-0.05, 0) is 29.9 Å². The van der Waals surface area contributed by atoms with Crippen LogP contribution in [0.3, 0.4) is 0 Å². The van der Waals surface area contributed by atoms with Crippen LogP contribution in [0.4, 0.5) is 0 Å². The van der Waals surface area contributed by atoms with Gasteiger partial charge in [0.2, 0.25) is 0 Å². The Morgan fingerprint density at radius 2 is 1.35 bits per heavy atom. The molecule has 0 aliphatic heterocycles. The molecule has 0 heteroatoms. The second kappa shape index (κ2) is 13.3. The Labute approximate surface area is 109 Å². The van der Waals surface area contributed by atoms with Crippen LogP contribution in [-0.2, 0) is 6.42 Å². The predicted molar refractivity (Wildman–Crippen MR) is 81.8 cm³/mol. The Morgan fingerprint density at radius 3 is 1.71 bits per heavy atom. The fraction of sp³-hybridized carbons (Fsp3) is 0.647. The SMILES string of the molecule is CC.CC.CCCCc1ccc(C(C)C)cc1. The lowest BCUT2D eigenvalue weighted by molar-refractivity contribution is 0.793. The first-order valence-electron chi connectivity index (χ1n) is 7.33. The van der Waals surface area contributed by atoms with E-state index in [0.717, 1.165) is 0 Å². The van der Waals surface area contributed by atoms with Crippen molar-refractivity contribution in [3.8, 4) is 0 Å². The first-order chi connectivity index (χ1) is 8.24. The van der Waals surface area contributed by atoms with Gasteiger partial charge in [0.15, 0.2) is 0 Å². The molecule has 0 saturated carbocycles. The third-order valence-electron chi connectivity index (χ3n) is 2.47. The fourth-order valence-electron chi connectivity index (χ4n) is 1.45. The normalized spacial score (nSPS) is 8.94. The summed E-state index contributed by atoms with van der Waals surface area (Å²) in [6.07, 6.45) is 3.82. The number of unbranched alkanes of at least 4 members (excludes halogenated alkanes) is 1. The summed E-state index contributed by atoms with van der Waals surface area (Å²) in [4.78, 5) is 0. The minimum absolute atomic E-state index is 0.653. The Kier molecular flexibility index (Phi) is 14.5. The molecule has 0 nitrogen and oxygen atoms in total. The molecule has 0 aliphatic rings. The quantitative estimate of drug-likeness (QED) is 0.583. The van der Waals surface area contributed by atoms with Gasteiger partial charge in [-0.3, -0.25) is 0 Å². The lowest BCUT2D eigenvalue weighted by Gasteiger charge is -2.06. The monoisotopic (exact) mass is 236 g/mol. The largest absolute Gasteiger partial charge is 0.0683 e. The van der Waals surface area contributed by atoms with Gasteiger partial charge in [0.05, 0.1) is 0 Å². The van der Waals surface area contributed by atoms with Gasteiger partial charge >= 0.3 is 0 Å². The van der Waals surface area contributed by atoms with Gasteiger partial charge < -0.3 is 0 Å². The third-order valence-corrected chi connectivity index (χ3v) is 2.47. The van der Waals surface area contributed by atoms with E-state index >= 15 is 0 Å². The molecule has 0 bridgehead atoms. The van der Waals surface area contributed by atoms with E-state index in [1.165, 1.54) is 30.4 Å². The minimum atomic E-state index is 0.653. The number of aryl methyl sites for hydroxylation is 1. The van der Waals surface area contributed by atoms with Crippen LogP contribution in [0.1, 0.15) is 78.4 Å². The lowest BCUT2D eigenvalue weighted by atomic mass is 10.00. The van der Waals surface area contributed by atoms with E-state index in [1.807, 2.05) is 27.7 Å². The van der Waals surface area contributed by atoms with Crippen molar-refractivity contribution in [3.05, 3.63) is 35.4 Å². The first-order valence-corrected chi connectivity index (χ1v) is 7.33. The zero-order valence-electron chi connectivity index (χ0n) is 13.0. The molecule has 0 saturated heterocycles. The minimum Gasteiger partial charge on any atom is -0.0683 e. The van der Waals surface area contributed by atoms with Crippen molar-refractivity contribution < 1.29 is 0 Å². The molecule has 1 aromatic rings. The topological polar surface area (TPSA) is 0 Å². The highest BCUT2D eigenvalue weighted by Crippen LogP contribution is 2.15. The highest BCUT2D eigenvalue weighted by molar-refractivity contribution is 5.24. The molecule has 0 spiro atoms. The van der Waals surface area contributed by atoms with Crippen LogP contribution in [-0.4, -0.2) is 0 Å². The van der Waals surface area contributed by atoms with Crippen molar-refractivity contribution in [2.45, 2.75) is 73.6 Å². The van der Waals surface area contributed by atoms with E-state index in [4.69, 9.17) is 0 Å². The molecular weight excluding hydrogens is 204 g/mol. The van der Waals surface area contributed by atoms with Crippen LogP contribution in [0.2, 0.25) is 0 Å². The smallest absolute Gasteiger partial charge is 0.0219 e. The van der Waals surface area contributed by atoms with E-state index in [1.54, 1.807) is 0 Å². The summed E-state index contributed by atoms with van der Waals surface area (Å²) in [7, 11) is 0. The summed E-state index contributed by atoms with van der Waals surface area (Å²) in [6, 6.07) is 9.06. The van der Waals surface area contributed by atoms with Crippen LogP contribution in [0.25, 0.3) is 0 Å². The molecule has 0 aliphatic carbocycles. The number of hydrogen-bond donors (Lipinski definition) is 0. The highest BCUT2D eigenvalue weighted by Gasteiger charge is 1.98. The molecule has 0 radical (unpaired) electrons. The summed E-state index contributed by atoms with van der Waals surface area (Å²) in [5.41, 5.74) is 2.92. The molecular formula is C17H32. The first kappa shape index (κ1) is 18.6. The summed E-state index contributed by atoms with van der Waals surface area (Å²) < 4.78 is 0. The van der Waals surface area contributed by atoms with Crippen molar-refractivity contribution >= 4 is 0 Å². The van der Waals surface area contributed by atoms with E-state index in [9.17, 15) is 0 Å². The zero-order valence-corrected chi connectivity index (χ0v) is 13.0. The highest BCUT2D eigenvalue weighted by atomic mass is 14.0. The fourth-order valence-corrected chi connectivity index (χ4v) is 1.45. The van der Waals surface area contributed by atoms with Gasteiger partial charge in [-0.1, -0.05) is 79.2 Å². The third kappa shape index (κ3) is 8.97. The molecule has 0 atom stereocenters. The van der Waals surface area contributed by atoms with Crippen molar-refractivity contribution in [1.29, 1.82) is 0 Å². The Bertz CT molecular complexity index is 231. The Morgan fingerprint density at radius 1 is 0.882 bits per heavy atom. The van der Waals surface area contributed by atoms with Gasteiger partial charge in [0.25, 0.3) is 0 Å². The Hall–Kier alpha value is -0.780. The standard InChI is InChI=1S/C13H20.2C2H6/c1-4-5-6-12-7-9-13(10-8-12)11(2)3;2*1-2/h7-11H,4-6H2,1-3H3;2*1-2H3. The molecule has 17 heavy (non-hydrogen) atoms. The molecule has 0 amide bonds. The summed E-state index contributed by atoms with van der Waals surface area (Å²) >= 11 is 0. The van der Waals surface area contributed by atoms with Crippen LogP contribution < -0.4 is 0 Å². The molecule has 0 fully saturated rings. The second-order valence-electron chi connectivity index (χ2n) is 4.00. The molecule has 1 aromatic carbocycles. The van der Waals surface area contributed by atoms with Gasteiger partial charge in [0, 0.05) is 0 Å². The molecule has 0 unspecified atom stereocenters. The van der Waals surface area contributed by atoms with E-state index < -0.39 is 0 Å². The predicted octanol–water partition coefficient (Wildman–Crippen LogP) is 6.21. The molecule has 100 valence electrons. The number of rotatable bonds is 4. The maximum atomic E-state index is 2.27. The van der Waals surface area contributed by atoms with Crippen molar-refractivity contribution in [2.24, 2.45) is 0 Å². The van der Waals surface area contributed by atoms with E-state index in [-0.39, 0.29) is 0 Å². The van der Waals surface area contributed by atoms with Crippen LogP contribution in [0, 0.1) is 0 Å². The van der Waals surface area contributed by atoms with Crippen molar-refractivity contribution in [3.63, 3.8) is 0 Å². The van der Waals surface area contributed by atoms with Gasteiger partial charge in [0.1, 0.15) is 0 Å². The van der Waals surface area contributed by atoms with Gasteiger partial charge in [-0.25, -0.2) is 0 Å². The second-order valence-corrected chi connectivity index (χ2v) is 4.00. The molecule has 1 rings (SSSR count). The van der Waals surface area contributed by atoms with Crippen molar-refractivity contribution in [2.75, 3.05) is 0 Å².